The molecule has 0 aliphatic heterocycles. The largest absolute Gasteiger partial charge is 0.492 e. The third-order valence-electron chi connectivity index (χ3n) is 4.65. The van der Waals surface area contributed by atoms with Gasteiger partial charge in [0.1, 0.15) is 36.1 Å². The number of aliphatic hydroxyl groups is 1. The Balaban J connectivity index is 1.46. The van der Waals surface area contributed by atoms with E-state index in [-0.39, 0.29) is 18.0 Å². The van der Waals surface area contributed by atoms with Crippen molar-refractivity contribution >= 4 is 0 Å². The van der Waals surface area contributed by atoms with Crippen molar-refractivity contribution in [3.63, 3.8) is 0 Å². The molecule has 0 aromatic heterocycles. The number of benzene rings is 2. The lowest BCUT2D eigenvalue weighted by molar-refractivity contribution is -0.0158. The van der Waals surface area contributed by atoms with Gasteiger partial charge >= 0.3 is 0 Å². The van der Waals surface area contributed by atoms with E-state index >= 15 is 0 Å². The second-order valence-electron chi connectivity index (χ2n) is 6.76. The lowest BCUT2D eigenvalue weighted by Crippen LogP contribution is -2.51. The molecule has 0 radical (unpaired) electrons. The molecule has 0 spiro atoms. The molecule has 3 atom stereocenters. The predicted octanol–water partition coefficient (Wildman–Crippen LogP) is 3.46. The standard InChI is InChI=1S/C21H26FNO3/c1-15-5-2-8-18(13-15)26-20-10-4-9-19(21(20)24)23-11-12-25-17-7-3-6-16(22)14-17/h2-3,5-8,13-14,19-21,23-24H,4,9-12H2,1H3/t19-,20+,21+/m0/s1. The smallest absolute Gasteiger partial charge is 0.126 e. The van der Waals surface area contributed by atoms with Crippen LogP contribution in [-0.2, 0) is 0 Å². The molecule has 1 fully saturated rings. The summed E-state index contributed by atoms with van der Waals surface area (Å²) in [7, 11) is 0. The van der Waals surface area contributed by atoms with Crippen LogP contribution < -0.4 is 14.8 Å². The summed E-state index contributed by atoms with van der Waals surface area (Å²) in [6.45, 7) is 3.01. The van der Waals surface area contributed by atoms with Gasteiger partial charge in [0.05, 0.1) is 0 Å². The Hall–Kier alpha value is -2.11. The normalized spacial score (nSPS) is 22.8. The Morgan fingerprint density at radius 3 is 2.73 bits per heavy atom. The predicted molar refractivity (Wildman–Crippen MR) is 99.1 cm³/mol. The van der Waals surface area contributed by atoms with Crippen LogP contribution in [0.1, 0.15) is 24.8 Å². The zero-order chi connectivity index (χ0) is 18.4. The van der Waals surface area contributed by atoms with Crippen LogP contribution >= 0.6 is 0 Å². The summed E-state index contributed by atoms with van der Waals surface area (Å²) in [5, 5.41) is 14.0. The molecule has 2 N–H and O–H groups in total. The maximum Gasteiger partial charge on any atom is 0.126 e. The van der Waals surface area contributed by atoms with Crippen LogP contribution in [-0.4, -0.2) is 36.5 Å². The van der Waals surface area contributed by atoms with Gasteiger partial charge in [-0.05, 0) is 56.0 Å². The van der Waals surface area contributed by atoms with E-state index in [4.69, 9.17) is 9.47 Å². The van der Waals surface area contributed by atoms with Gasteiger partial charge < -0.3 is 19.9 Å². The number of ether oxygens (including phenoxy) is 2. The van der Waals surface area contributed by atoms with Crippen molar-refractivity contribution < 1.29 is 19.0 Å². The van der Waals surface area contributed by atoms with E-state index < -0.39 is 6.10 Å². The van der Waals surface area contributed by atoms with E-state index in [1.807, 2.05) is 31.2 Å². The van der Waals surface area contributed by atoms with E-state index in [2.05, 4.69) is 5.32 Å². The highest BCUT2D eigenvalue weighted by Crippen LogP contribution is 2.25. The van der Waals surface area contributed by atoms with Crippen LogP contribution in [0, 0.1) is 12.7 Å². The van der Waals surface area contributed by atoms with Crippen LogP contribution in [0.4, 0.5) is 4.39 Å². The van der Waals surface area contributed by atoms with E-state index in [9.17, 15) is 9.50 Å². The summed E-state index contributed by atoms with van der Waals surface area (Å²) >= 11 is 0. The molecule has 140 valence electrons. The van der Waals surface area contributed by atoms with Crippen molar-refractivity contribution in [2.24, 2.45) is 0 Å². The quantitative estimate of drug-likeness (QED) is 0.744. The monoisotopic (exact) mass is 359 g/mol. The first-order chi connectivity index (χ1) is 12.6. The van der Waals surface area contributed by atoms with Crippen molar-refractivity contribution in [1.29, 1.82) is 0 Å². The van der Waals surface area contributed by atoms with E-state index in [0.717, 1.165) is 30.6 Å². The Kier molecular flexibility index (Phi) is 6.47. The van der Waals surface area contributed by atoms with Crippen molar-refractivity contribution in [3.05, 3.63) is 59.9 Å². The highest BCUT2D eigenvalue weighted by atomic mass is 19.1. The average molecular weight is 359 g/mol. The Bertz CT molecular complexity index is 709. The molecule has 1 aliphatic carbocycles. The number of aliphatic hydroxyl groups excluding tert-OH is 1. The number of hydrogen-bond acceptors (Lipinski definition) is 4. The number of hydrogen-bond donors (Lipinski definition) is 2. The zero-order valence-electron chi connectivity index (χ0n) is 15.0. The van der Waals surface area contributed by atoms with E-state index in [0.29, 0.717) is 18.9 Å². The lowest BCUT2D eigenvalue weighted by Gasteiger charge is -2.35. The topological polar surface area (TPSA) is 50.7 Å². The van der Waals surface area contributed by atoms with Gasteiger partial charge in [-0.3, -0.25) is 0 Å². The van der Waals surface area contributed by atoms with E-state index in [1.54, 1.807) is 12.1 Å². The lowest BCUT2D eigenvalue weighted by atomic mass is 9.90. The molecule has 3 rings (SSSR count). The molecule has 0 unspecified atom stereocenters. The molecule has 26 heavy (non-hydrogen) atoms. The molecule has 1 aliphatic rings. The average Bonchev–Trinajstić information content (AvgIpc) is 2.62. The molecule has 0 amide bonds. The maximum atomic E-state index is 13.1. The zero-order valence-corrected chi connectivity index (χ0v) is 15.0. The van der Waals surface area contributed by atoms with Crippen LogP contribution in [0.15, 0.2) is 48.5 Å². The summed E-state index contributed by atoms with van der Waals surface area (Å²) in [6.07, 6.45) is 1.95. The van der Waals surface area contributed by atoms with Gasteiger partial charge in [-0.15, -0.1) is 0 Å². The molecule has 0 heterocycles. The summed E-state index contributed by atoms with van der Waals surface area (Å²) in [6, 6.07) is 13.9. The molecular weight excluding hydrogens is 333 g/mol. The minimum atomic E-state index is -0.571. The van der Waals surface area contributed by atoms with E-state index in [1.165, 1.54) is 12.1 Å². The molecular formula is C21H26FNO3. The van der Waals surface area contributed by atoms with Crippen molar-refractivity contribution in [1.82, 2.24) is 5.32 Å². The summed E-state index contributed by atoms with van der Waals surface area (Å²) in [5.74, 6) is 0.995. The van der Waals surface area contributed by atoms with Crippen LogP contribution in [0.3, 0.4) is 0 Å². The summed E-state index contributed by atoms with van der Waals surface area (Å²) < 4.78 is 24.7. The van der Waals surface area contributed by atoms with Gasteiger partial charge in [0.25, 0.3) is 0 Å². The van der Waals surface area contributed by atoms with Crippen molar-refractivity contribution in [3.8, 4) is 11.5 Å². The Morgan fingerprint density at radius 1 is 1.12 bits per heavy atom. The molecule has 0 bridgehead atoms. The number of aryl methyl sites for hydroxylation is 1. The van der Waals surface area contributed by atoms with Gasteiger partial charge in [0.15, 0.2) is 0 Å². The second-order valence-corrected chi connectivity index (χ2v) is 6.76. The molecule has 0 saturated heterocycles. The molecule has 1 saturated carbocycles. The third kappa shape index (κ3) is 5.19. The first-order valence-electron chi connectivity index (χ1n) is 9.15. The summed E-state index contributed by atoms with van der Waals surface area (Å²) in [4.78, 5) is 0. The second kappa shape index (κ2) is 9.01. The van der Waals surface area contributed by atoms with Gasteiger partial charge in [-0.1, -0.05) is 18.2 Å². The first-order valence-corrected chi connectivity index (χ1v) is 9.15. The third-order valence-corrected chi connectivity index (χ3v) is 4.65. The van der Waals surface area contributed by atoms with Gasteiger partial charge in [0.2, 0.25) is 0 Å². The maximum absolute atomic E-state index is 13.1. The fourth-order valence-electron chi connectivity index (χ4n) is 3.32. The SMILES string of the molecule is Cc1cccc(O[C@@H]2CCC[C@H](NCCOc3cccc(F)c3)[C@H]2O)c1. The number of nitrogens with one attached hydrogen (secondary N) is 1. The van der Waals surface area contributed by atoms with Gasteiger partial charge in [-0.2, -0.15) is 0 Å². The molecule has 5 heteroatoms. The first kappa shape index (κ1) is 18.7. The molecule has 2 aromatic carbocycles. The van der Waals surface area contributed by atoms with Gasteiger partial charge in [-0.25, -0.2) is 4.39 Å². The van der Waals surface area contributed by atoms with Crippen LogP contribution in [0.5, 0.6) is 11.5 Å². The number of rotatable bonds is 7. The fourth-order valence-corrected chi connectivity index (χ4v) is 3.32. The van der Waals surface area contributed by atoms with Crippen LogP contribution in [0.2, 0.25) is 0 Å². The highest BCUT2D eigenvalue weighted by molar-refractivity contribution is 5.27. The van der Waals surface area contributed by atoms with Crippen molar-refractivity contribution in [2.45, 2.75) is 44.4 Å². The number of halogens is 1. The fraction of sp³-hybridized carbons (Fsp3) is 0.429. The molecule has 4 nitrogen and oxygen atoms in total. The van der Waals surface area contributed by atoms with Crippen molar-refractivity contribution in [2.75, 3.05) is 13.2 Å². The summed E-state index contributed by atoms with van der Waals surface area (Å²) in [5.41, 5.74) is 1.14. The minimum absolute atomic E-state index is 0.0327. The highest BCUT2D eigenvalue weighted by Gasteiger charge is 2.33. The minimum Gasteiger partial charge on any atom is -0.492 e. The Labute approximate surface area is 154 Å². The Morgan fingerprint density at radius 2 is 1.92 bits per heavy atom. The van der Waals surface area contributed by atoms with Crippen LogP contribution in [0.25, 0.3) is 0 Å². The molecule has 2 aromatic rings. The van der Waals surface area contributed by atoms with Gasteiger partial charge in [0, 0.05) is 18.7 Å².